The molecule has 0 unspecified atom stereocenters. The molecule has 0 fully saturated rings. The van der Waals surface area contributed by atoms with Crippen molar-refractivity contribution in [2.45, 2.75) is 6.61 Å². The SMILES string of the molecule is N#Cc1ccccc1OCc1ncccn1. The van der Waals surface area contributed by atoms with Gasteiger partial charge in [0.15, 0.2) is 5.82 Å². The predicted octanol–water partition coefficient (Wildman–Crippen LogP) is 1.93. The average molecular weight is 211 g/mol. The Balaban J connectivity index is 2.09. The molecule has 0 radical (unpaired) electrons. The van der Waals surface area contributed by atoms with Gasteiger partial charge in [-0.05, 0) is 18.2 Å². The number of rotatable bonds is 3. The molecule has 0 bridgehead atoms. The molecular weight excluding hydrogens is 202 g/mol. The van der Waals surface area contributed by atoms with E-state index in [1.54, 1.807) is 36.7 Å². The molecule has 16 heavy (non-hydrogen) atoms. The largest absolute Gasteiger partial charge is 0.484 e. The summed E-state index contributed by atoms with van der Waals surface area (Å²) in [5.74, 6) is 1.15. The van der Waals surface area contributed by atoms with Crippen LogP contribution in [0.2, 0.25) is 0 Å². The van der Waals surface area contributed by atoms with Crippen molar-refractivity contribution in [3.63, 3.8) is 0 Å². The van der Waals surface area contributed by atoms with Crippen molar-refractivity contribution < 1.29 is 4.74 Å². The fourth-order valence-electron chi connectivity index (χ4n) is 1.23. The zero-order valence-electron chi connectivity index (χ0n) is 8.50. The third-order valence-corrected chi connectivity index (χ3v) is 1.98. The second kappa shape index (κ2) is 4.89. The van der Waals surface area contributed by atoms with Gasteiger partial charge in [-0.2, -0.15) is 5.26 Å². The summed E-state index contributed by atoms with van der Waals surface area (Å²) in [6, 6.07) is 10.9. The molecule has 4 heteroatoms. The molecule has 0 aliphatic carbocycles. The standard InChI is InChI=1S/C12H9N3O/c13-8-10-4-1-2-5-11(10)16-9-12-14-6-3-7-15-12/h1-7H,9H2. The van der Waals surface area contributed by atoms with Crippen molar-refractivity contribution in [3.8, 4) is 11.8 Å². The van der Waals surface area contributed by atoms with E-state index in [1.165, 1.54) is 0 Å². The van der Waals surface area contributed by atoms with Crippen molar-refractivity contribution in [3.05, 3.63) is 54.1 Å². The molecule has 0 amide bonds. The van der Waals surface area contributed by atoms with E-state index in [1.807, 2.05) is 6.07 Å². The summed E-state index contributed by atoms with van der Waals surface area (Å²) in [7, 11) is 0. The Bertz CT molecular complexity index is 505. The van der Waals surface area contributed by atoms with Crippen molar-refractivity contribution in [2.75, 3.05) is 0 Å². The Morgan fingerprint density at radius 2 is 1.88 bits per heavy atom. The normalized spacial score (nSPS) is 9.44. The van der Waals surface area contributed by atoms with E-state index in [2.05, 4.69) is 16.0 Å². The Morgan fingerprint density at radius 3 is 2.62 bits per heavy atom. The first-order valence-electron chi connectivity index (χ1n) is 4.78. The molecule has 2 aromatic rings. The number of hydrogen-bond acceptors (Lipinski definition) is 4. The molecule has 0 saturated carbocycles. The van der Waals surface area contributed by atoms with Gasteiger partial charge < -0.3 is 4.74 Å². The molecule has 0 aliphatic rings. The minimum absolute atomic E-state index is 0.263. The van der Waals surface area contributed by atoms with Gasteiger partial charge in [0.05, 0.1) is 5.56 Å². The van der Waals surface area contributed by atoms with Crippen LogP contribution in [0.1, 0.15) is 11.4 Å². The number of benzene rings is 1. The number of ether oxygens (including phenoxy) is 1. The van der Waals surface area contributed by atoms with Crippen LogP contribution in [-0.4, -0.2) is 9.97 Å². The first-order chi connectivity index (χ1) is 7.90. The van der Waals surface area contributed by atoms with Gasteiger partial charge in [0.1, 0.15) is 18.4 Å². The van der Waals surface area contributed by atoms with E-state index < -0.39 is 0 Å². The Morgan fingerprint density at radius 1 is 1.12 bits per heavy atom. The number of nitrogens with zero attached hydrogens (tertiary/aromatic N) is 3. The molecule has 0 N–H and O–H groups in total. The van der Waals surface area contributed by atoms with Crippen LogP contribution >= 0.6 is 0 Å². The van der Waals surface area contributed by atoms with Crippen LogP contribution in [0.15, 0.2) is 42.7 Å². The lowest BCUT2D eigenvalue weighted by Crippen LogP contribution is -2.01. The number of para-hydroxylation sites is 1. The van der Waals surface area contributed by atoms with Crippen LogP contribution in [0, 0.1) is 11.3 Å². The van der Waals surface area contributed by atoms with Gasteiger partial charge in [0.25, 0.3) is 0 Å². The van der Waals surface area contributed by atoms with Gasteiger partial charge in [0.2, 0.25) is 0 Å². The molecule has 1 aromatic heterocycles. The Hall–Kier alpha value is -2.41. The van der Waals surface area contributed by atoms with E-state index in [9.17, 15) is 0 Å². The third-order valence-electron chi connectivity index (χ3n) is 1.98. The second-order valence-electron chi connectivity index (χ2n) is 3.06. The summed E-state index contributed by atoms with van der Waals surface area (Å²) in [6.45, 7) is 0.263. The number of hydrogen-bond donors (Lipinski definition) is 0. The molecule has 0 saturated heterocycles. The number of aromatic nitrogens is 2. The maximum atomic E-state index is 8.85. The van der Waals surface area contributed by atoms with Gasteiger partial charge >= 0.3 is 0 Å². The zero-order chi connectivity index (χ0) is 11.2. The first kappa shape index (κ1) is 10.1. The molecular formula is C12H9N3O. The first-order valence-corrected chi connectivity index (χ1v) is 4.78. The van der Waals surface area contributed by atoms with Crippen molar-refractivity contribution in [1.82, 2.24) is 9.97 Å². The molecule has 78 valence electrons. The van der Waals surface area contributed by atoms with Gasteiger partial charge in [-0.25, -0.2) is 9.97 Å². The summed E-state index contributed by atoms with van der Waals surface area (Å²) in [4.78, 5) is 8.06. The van der Waals surface area contributed by atoms with Gasteiger partial charge in [0, 0.05) is 12.4 Å². The smallest absolute Gasteiger partial charge is 0.166 e. The molecule has 4 nitrogen and oxygen atoms in total. The quantitative estimate of drug-likeness (QED) is 0.778. The van der Waals surface area contributed by atoms with E-state index in [0.29, 0.717) is 17.1 Å². The highest BCUT2D eigenvalue weighted by Gasteiger charge is 2.02. The molecule has 0 atom stereocenters. The summed E-state index contributed by atoms with van der Waals surface area (Å²) in [5.41, 5.74) is 0.512. The highest BCUT2D eigenvalue weighted by molar-refractivity contribution is 5.42. The topological polar surface area (TPSA) is 58.8 Å². The van der Waals surface area contributed by atoms with E-state index in [0.717, 1.165) is 0 Å². The van der Waals surface area contributed by atoms with E-state index in [-0.39, 0.29) is 6.61 Å². The number of nitriles is 1. The molecule has 1 heterocycles. The van der Waals surface area contributed by atoms with E-state index >= 15 is 0 Å². The molecule has 0 aliphatic heterocycles. The highest BCUT2D eigenvalue weighted by Crippen LogP contribution is 2.17. The summed E-state index contributed by atoms with van der Waals surface area (Å²) in [5, 5.41) is 8.85. The van der Waals surface area contributed by atoms with Crippen molar-refractivity contribution in [1.29, 1.82) is 5.26 Å². The van der Waals surface area contributed by atoms with Gasteiger partial charge in [-0.3, -0.25) is 0 Å². The van der Waals surface area contributed by atoms with Crippen molar-refractivity contribution >= 4 is 0 Å². The lowest BCUT2D eigenvalue weighted by atomic mass is 10.2. The Kier molecular flexibility index (Phi) is 3.10. The van der Waals surface area contributed by atoms with Crippen LogP contribution < -0.4 is 4.74 Å². The minimum atomic E-state index is 0.263. The summed E-state index contributed by atoms with van der Waals surface area (Å²) < 4.78 is 5.47. The molecule has 2 rings (SSSR count). The van der Waals surface area contributed by atoms with Crippen LogP contribution in [0.5, 0.6) is 5.75 Å². The van der Waals surface area contributed by atoms with Gasteiger partial charge in [-0.15, -0.1) is 0 Å². The van der Waals surface area contributed by atoms with Crippen LogP contribution in [0.3, 0.4) is 0 Å². The predicted molar refractivity (Wildman–Crippen MR) is 57.5 cm³/mol. The van der Waals surface area contributed by atoms with Gasteiger partial charge in [-0.1, -0.05) is 12.1 Å². The van der Waals surface area contributed by atoms with E-state index in [4.69, 9.17) is 10.00 Å². The highest BCUT2D eigenvalue weighted by atomic mass is 16.5. The Labute approximate surface area is 93.2 Å². The lowest BCUT2D eigenvalue weighted by molar-refractivity contribution is 0.295. The van der Waals surface area contributed by atoms with Crippen molar-refractivity contribution in [2.24, 2.45) is 0 Å². The molecule has 0 spiro atoms. The summed E-state index contributed by atoms with van der Waals surface area (Å²) >= 11 is 0. The second-order valence-corrected chi connectivity index (χ2v) is 3.06. The summed E-state index contributed by atoms with van der Waals surface area (Å²) in [6.07, 6.45) is 3.31. The average Bonchev–Trinajstić information content (AvgIpc) is 2.38. The minimum Gasteiger partial charge on any atom is -0.484 e. The maximum absolute atomic E-state index is 8.85. The van der Waals surface area contributed by atoms with Crippen LogP contribution in [-0.2, 0) is 6.61 Å². The van der Waals surface area contributed by atoms with Crippen LogP contribution in [0.4, 0.5) is 0 Å². The zero-order valence-corrected chi connectivity index (χ0v) is 8.50. The monoisotopic (exact) mass is 211 g/mol. The fraction of sp³-hybridized carbons (Fsp3) is 0.0833. The van der Waals surface area contributed by atoms with Crippen LogP contribution in [0.25, 0.3) is 0 Å². The maximum Gasteiger partial charge on any atom is 0.166 e. The lowest BCUT2D eigenvalue weighted by Gasteiger charge is -2.05. The third kappa shape index (κ3) is 2.34. The molecule has 1 aromatic carbocycles. The fourth-order valence-corrected chi connectivity index (χ4v) is 1.23.